The Morgan fingerprint density at radius 3 is 2.00 bits per heavy atom. The van der Waals surface area contributed by atoms with Crippen molar-refractivity contribution in [2.75, 3.05) is 46.3 Å². The first kappa shape index (κ1) is 21.0. The molecule has 21 heavy (non-hydrogen) atoms. The van der Waals surface area contributed by atoms with E-state index in [1.807, 2.05) is 0 Å². The minimum atomic E-state index is 0. The molecule has 1 aromatic carbocycles. The fourth-order valence-electron chi connectivity index (χ4n) is 3.03. The van der Waals surface area contributed by atoms with E-state index >= 15 is 0 Å². The van der Waals surface area contributed by atoms with Gasteiger partial charge in [0.2, 0.25) is 0 Å². The Hall–Kier alpha value is -0.0300. The zero-order valence-corrected chi connectivity index (χ0v) is 14.9. The highest BCUT2D eigenvalue weighted by Crippen LogP contribution is 2.16. The monoisotopic (exact) mass is 353 g/mol. The van der Waals surface area contributed by atoms with Crippen LogP contribution in [0.15, 0.2) is 30.3 Å². The van der Waals surface area contributed by atoms with Gasteiger partial charge in [-0.3, -0.25) is 9.80 Å². The number of piperazine rings is 1. The minimum absolute atomic E-state index is 0. The number of rotatable bonds is 3. The summed E-state index contributed by atoms with van der Waals surface area (Å²) in [5.41, 5.74) is 1.44. The van der Waals surface area contributed by atoms with E-state index in [0.29, 0.717) is 0 Å². The second kappa shape index (κ2) is 9.88. The van der Waals surface area contributed by atoms with E-state index in [1.54, 1.807) is 0 Å². The Labute approximate surface area is 146 Å². The maximum atomic E-state index is 2.67. The average molecular weight is 355 g/mol. The fourth-order valence-corrected chi connectivity index (χ4v) is 3.03. The Bertz CT molecular complexity index is 377. The first-order valence-corrected chi connectivity index (χ1v) is 7.00. The van der Waals surface area contributed by atoms with Gasteiger partial charge in [-0.05, 0) is 12.6 Å². The van der Waals surface area contributed by atoms with Crippen LogP contribution in [0.25, 0.3) is 0 Å². The highest BCUT2D eigenvalue weighted by Gasteiger charge is 2.31. The van der Waals surface area contributed by atoms with E-state index in [1.165, 1.54) is 44.8 Å². The Morgan fingerprint density at radius 1 is 0.905 bits per heavy atom. The van der Waals surface area contributed by atoms with Crippen LogP contribution in [-0.2, 0) is 6.54 Å². The molecule has 2 heterocycles. The Morgan fingerprint density at radius 2 is 1.48 bits per heavy atom. The van der Waals surface area contributed by atoms with Crippen LogP contribution in [0.5, 0.6) is 0 Å². The maximum Gasteiger partial charge on any atom is 0.0351 e. The van der Waals surface area contributed by atoms with E-state index < -0.39 is 0 Å². The predicted octanol–water partition coefficient (Wildman–Crippen LogP) is 2.38. The molecule has 2 aliphatic rings. The number of halogens is 3. The van der Waals surface area contributed by atoms with Gasteiger partial charge in [0.05, 0.1) is 0 Å². The zero-order chi connectivity index (χ0) is 12.4. The summed E-state index contributed by atoms with van der Waals surface area (Å²) < 4.78 is 0. The predicted molar refractivity (Wildman–Crippen MR) is 96.3 cm³/mol. The first-order chi connectivity index (χ1) is 8.81. The topological polar surface area (TPSA) is 9.72 Å². The quantitative estimate of drug-likeness (QED) is 0.825. The molecule has 3 nitrogen and oxygen atoms in total. The summed E-state index contributed by atoms with van der Waals surface area (Å²) in [6.45, 7) is 8.55. The first-order valence-electron chi connectivity index (χ1n) is 7.00. The van der Waals surface area contributed by atoms with Crippen LogP contribution in [0.3, 0.4) is 0 Å². The molecule has 2 saturated heterocycles. The molecule has 3 rings (SSSR count). The Balaban J connectivity index is 0.00000133. The summed E-state index contributed by atoms with van der Waals surface area (Å²) in [6.07, 6.45) is 0. The normalized spacial score (nSPS) is 20.6. The molecule has 0 aliphatic carbocycles. The van der Waals surface area contributed by atoms with Gasteiger partial charge in [0.1, 0.15) is 0 Å². The molecule has 122 valence electrons. The van der Waals surface area contributed by atoms with E-state index in [2.05, 4.69) is 52.1 Å². The average Bonchev–Trinajstić information content (AvgIpc) is 2.38. The molecule has 1 aromatic rings. The second-order valence-electron chi connectivity index (χ2n) is 5.67. The van der Waals surface area contributed by atoms with Gasteiger partial charge in [0.15, 0.2) is 0 Å². The molecule has 0 unspecified atom stereocenters. The van der Waals surface area contributed by atoms with Crippen molar-refractivity contribution in [3.63, 3.8) is 0 Å². The van der Waals surface area contributed by atoms with Crippen molar-refractivity contribution >= 4 is 37.2 Å². The van der Waals surface area contributed by atoms with Crippen molar-refractivity contribution < 1.29 is 0 Å². The maximum absolute atomic E-state index is 2.67. The number of hydrogen-bond donors (Lipinski definition) is 0. The third-order valence-electron chi connectivity index (χ3n) is 4.22. The van der Waals surface area contributed by atoms with Gasteiger partial charge in [-0.15, -0.1) is 37.2 Å². The highest BCUT2D eigenvalue weighted by atomic mass is 35.5. The van der Waals surface area contributed by atoms with Crippen LogP contribution in [-0.4, -0.2) is 67.1 Å². The zero-order valence-electron chi connectivity index (χ0n) is 12.5. The van der Waals surface area contributed by atoms with Gasteiger partial charge in [-0.1, -0.05) is 30.3 Å². The molecular weight excluding hydrogens is 329 g/mol. The standard InChI is InChI=1S/C15H23N3.3ClH/c1-16-12-15(13-16)18-9-7-17(8-10-18)11-14-5-3-2-4-6-14;;;/h2-6,15H,7-13H2,1H3;3*1H. The van der Waals surface area contributed by atoms with Crippen LogP contribution >= 0.6 is 37.2 Å². The van der Waals surface area contributed by atoms with Crippen LogP contribution in [0, 0.1) is 0 Å². The molecule has 0 amide bonds. The van der Waals surface area contributed by atoms with E-state index in [0.717, 1.165) is 12.6 Å². The summed E-state index contributed by atoms with van der Waals surface area (Å²) in [4.78, 5) is 7.65. The summed E-state index contributed by atoms with van der Waals surface area (Å²) in [5.74, 6) is 0. The van der Waals surface area contributed by atoms with Crippen LogP contribution in [0.2, 0.25) is 0 Å². The molecule has 0 spiro atoms. The van der Waals surface area contributed by atoms with Crippen molar-refractivity contribution in [3.05, 3.63) is 35.9 Å². The van der Waals surface area contributed by atoms with Gasteiger partial charge in [0, 0.05) is 51.9 Å². The third kappa shape index (κ3) is 5.59. The lowest BCUT2D eigenvalue weighted by Gasteiger charge is -2.47. The number of likely N-dealkylation sites (N-methyl/N-ethyl adjacent to an activating group) is 1. The molecule has 0 bridgehead atoms. The van der Waals surface area contributed by atoms with Crippen molar-refractivity contribution in [3.8, 4) is 0 Å². The van der Waals surface area contributed by atoms with Crippen molar-refractivity contribution in [1.82, 2.24) is 14.7 Å². The van der Waals surface area contributed by atoms with Gasteiger partial charge < -0.3 is 4.90 Å². The van der Waals surface area contributed by atoms with Gasteiger partial charge in [0.25, 0.3) is 0 Å². The summed E-state index contributed by atoms with van der Waals surface area (Å²) in [7, 11) is 2.21. The lowest BCUT2D eigenvalue weighted by atomic mass is 10.1. The largest absolute Gasteiger partial charge is 0.303 e. The molecule has 2 fully saturated rings. The summed E-state index contributed by atoms with van der Waals surface area (Å²) in [6, 6.07) is 11.6. The van der Waals surface area contributed by atoms with Gasteiger partial charge >= 0.3 is 0 Å². The van der Waals surface area contributed by atoms with Crippen molar-refractivity contribution in [2.24, 2.45) is 0 Å². The van der Waals surface area contributed by atoms with E-state index in [-0.39, 0.29) is 37.2 Å². The molecule has 6 heteroatoms. The summed E-state index contributed by atoms with van der Waals surface area (Å²) >= 11 is 0. The number of hydrogen-bond acceptors (Lipinski definition) is 3. The van der Waals surface area contributed by atoms with Gasteiger partial charge in [-0.25, -0.2) is 0 Å². The minimum Gasteiger partial charge on any atom is -0.303 e. The Kier molecular flexibility index (Phi) is 9.87. The SMILES string of the molecule is CN1CC(N2CCN(Cc3ccccc3)CC2)C1.Cl.Cl.Cl. The van der Waals surface area contributed by atoms with Crippen LogP contribution in [0.4, 0.5) is 0 Å². The molecule has 0 saturated carbocycles. The van der Waals surface area contributed by atoms with Crippen molar-refractivity contribution in [1.29, 1.82) is 0 Å². The van der Waals surface area contributed by atoms with Gasteiger partial charge in [-0.2, -0.15) is 0 Å². The number of benzene rings is 1. The third-order valence-corrected chi connectivity index (χ3v) is 4.22. The fraction of sp³-hybridized carbons (Fsp3) is 0.600. The summed E-state index contributed by atoms with van der Waals surface area (Å²) in [5, 5.41) is 0. The lowest BCUT2D eigenvalue weighted by Crippen LogP contribution is -2.61. The highest BCUT2D eigenvalue weighted by molar-refractivity contribution is 5.86. The molecule has 0 radical (unpaired) electrons. The molecular formula is C15H26Cl3N3. The van der Waals surface area contributed by atoms with Crippen LogP contribution in [0.1, 0.15) is 5.56 Å². The number of likely N-dealkylation sites (tertiary alicyclic amines) is 1. The molecule has 0 atom stereocenters. The lowest BCUT2D eigenvalue weighted by molar-refractivity contribution is 0.0161. The molecule has 0 aromatic heterocycles. The second-order valence-corrected chi connectivity index (χ2v) is 5.67. The number of nitrogens with zero attached hydrogens (tertiary/aromatic N) is 3. The molecule has 2 aliphatic heterocycles. The van der Waals surface area contributed by atoms with Crippen LogP contribution < -0.4 is 0 Å². The van der Waals surface area contributed by atoms with Crippen molar-refractivity contribution in [2.45, 2.75) is 12.6 Å². The van der Waals surface area contributed by atoms with E-state index in [9.17, 15) is 0 Å². The van der Waals surface area contributed by atoms with E-state index in [4.69, 9.17) is 0 Å². The smallest absolute Gasteiger partial charge is 0.0351 e. The molecule has 0 N–H and O–H groups in total.